The maximum atomic E-state index is 9.00. The summed E-state index contributed by atoms with van der Waals surface area (Å²) in [6, 6.07) is 5.92. The van der Waals surface area contributed by atoms with Crippen LogP contribution in [0.3, 0.4) is 0 Å². The van der Waals surface area contributed by atoms with Gasteiger partial charge < -0.3 is 10.1 Å². The third kappa shape index (κ3) is 2.68. The standard InChI is InChI=1S/C13H18N3O/c1-17-12-9-5-8-11(16-14)13(12)15-10-6-3-2-4-7-10/h5,8-10,15H,2-4,6-7H2,1H3/q+1. The molecule has 1 saturated carbocycles. The second-order valence-electron chi connectivity index (χ2n) is 4.43. The Morgan fingerprint density at radius 1 is 1.29 bits per heavy atom. The number of diazo groups is 1. The zero-order valence-corrected chi connectivity index (χ0v) is 10.1. The van der Waals surface area contributed by atoms with E-state index in [2.05, 4.69) is 10.3 Å². The Bertz CT molecular complexity index is 419. The van der Waals surface area contributed by atoms with Gasteiger partial charge in [-0.2, -0.15) is 0 Å². The quantitative estimate of drug-likeness (QED) is 0.803. The molecule has 0 atom stereocenters. The molecule has 1 fully saturated rings. The molecule has 4 nitrogen and oxygen atoms in total. The van der Waals surface area contributed by atoms with Crippen LogP contribution in [0.15, 0.2) is 18.2 Å². The summed E-state index contributed by atoms with van der Waals surface area (Å²) >= 11 is 0. The van der Waals surface area contributed by atoms with Crippen LogP contribution in [0.4, 0.5) is 11.4 Å². The minimum Gasteiger partial charge on any atom is -0.494 e. The Labute approximate surface area is 102 Å². The van der Waals surface area contributed by atoms with E-state index in [9.17, 15) is 0 Å². The van der Waals surface area contributed by atoms with Gasteiger partial charge in [0, 0.05) is 12.1 Å². The number of methoxy groups -OCH3 is 1. The van der Waals surface area contributed by atoms with Gasteiger partial charge in [-0.3, -0.25) is 0 Å². The lowest BCUT2D eigenvalue weighted by Crippen LogP contribution is -2.22. The Hall–Kier alpha value is -1.76. The monoisotopic (exact) mass is 232 g/mol. The van der Waals surface area contributed by atoms with Crippen molar-refractivity contribution < 1.29 is 4.74 Å². The first-order valence-corrected chi connectivity index (χ1v) is 6.14. The summed E-state index contributed by atoms with van der Waals surface area (Å²) in [6.07, 6.45) is 6.18. The van der Waals surface area contributed by atoms with Crippen molar-refractivity contribution in [3.63, 3.8) is 0 Å². The maximum Gasteiger partial charge on any atom is 0.411 e. The molecule has 0 spiro atoms. The average Bonchev–Trinajstić information content (AvgIpc) is 2.40. The number of benzene rings is 1. The molecule has 2 rings (SSSR count). The molecular formula is C13H18N3O+. The molecule has 0 amide bonds. The van der Waals surface area contributed by atoms with Crippen LogP contribution in [-0.4, -0.2) is 13.2 Å². The molecule has 1 N–H and O–H groups in total. The van der Waals surface area contributed by atoms with Gasteiger partial charge in [0.15, 0.2) is 10.7 Å². The molecule has 0 aromatic heterocycles. The fourth-order valence-electron chi connectivity index (χ4n) is 2.37. The largest absolute Gasteiger partial charge is 0.494 e. The highest BCUT2D eigenvalue weighted by molar-refractivity contribution is 5.76. The van der Waals surface area contributed by atoms with Crippen LogP contribution in [0.1, 0.15) is 32.1 Å². The smallest absolute Gasteiger partial charge is 0.411 e. The summed E-state index contributed by atoms with van der Waals surface area (Å²) in [7, 11) is 1.63. The summed E-state index contributed by atoms with van der Waals surface area (Å²) in [4.78, 5) is 3.30. The normalized spacial score (nSPS) is 16.2. The molecule has 1 aromatic rings. The van der Waals surface area contributed by atoms with Crippen LogP contribution >= 0.6 is 0 Å². The van der Waals surface area contributed by atoms with Crippen molar-refractivity contribution in [2.24, 2.45) is 0 Å². The molecule has 1 aromatic carbocycles. The second-order valence-corrected chi connectivity index (χ2v) is 4.43. The molecule has 90 valence electrons. The van der Waals surface area contributed by atoms with Gasteiger partial charge in [-0.05, 0) is 18.9 Å². The molecule has 0 unspecified atom stereocenters. The fourth-order valence-corrected chi connectivity index (χ4v) is 2.37. The minimum absolute atomic E-state index is 0.459. The second kappa shape index (κ2) is 5.53. The van der Waals surface area contributed by atoms with Crippen LogP contribution in [0.2, 0.25) is 0 Å². The lowest BCUT2D eigenvalue weighted by Gasteiger charge is -2.23. The third-order valence-electron chi connectivity index (χ3n) is 3.29. The van der Waals surface area contributed by atoms with E-state index in [0.717, 1.165) is 11.4 Å². The first kappa shape index (κ1) is 11.7. The van der Waals surface area contributed by atoms with Crippen LogP contribution in [0, 0.1) is 5.39 Å². The highest BCUT2D eigenvalue weighted by Crippen LogP contribution is 2.36. The number of anilines is 1. The molecular weight excluding hydrogens is 214 g/mol. The van der Waals surface area contributed by atoms with E-state index in [0.29, 0.717) is 11.7 Å². The van der Waals surface area contributed by atoms with Crippen molar-refractivity contribution in [1.29, 1.82) is 5.39 Å². The molecule has 4 heteroatoms. The van der Waals surface area contributed by atoms with Crippen LogP contribution < -0.4 is 10.1 Å². The Morgan fingerprint density at radius 3 is 2.71 bits per heavy atom. The van der Waals surface area contributed by atoms with Crippen molar-refractivity contribution in [1.82, 2.24) is 0 Å². The van der Waals surface area contributed by atoms with Crippen LogP contribution in [0.25, 0.3) is 4.98 Å². The summed E-state index contributed by atoms with van der Waals surface area (Å²) in [5.74, 6) is 0.728. The first-order valence-electron chi connectivity index (χ1n) is 6.14. The highest BCUT2D eigenvalue weighted by Gasteiger charge is 2.22. The predicted octanol–water partition coefficient (Wildman–Crippen LogP) is 3.92. The molecule has 17 heavy (non-hydrogen) atoms. The van der Waals surface area contributed by atoms with Gasteiger partial charge in [-0.25, -0.2) is 0 Å². The fraction of sp³-hybridized carbons (Fsp3) is 0.538. The summed E-state index contributed by atoms with van der Waals surface area (Å²) < 4.78 is 5.30. The topological polar surface area (TPSA) is 49.4 Å². The van der Waals surface area contributed by atoms with Gasteiger partial charge in [0.25, 0.3) is 0 Å². The number of hydrogen-bond donors (Lipinski definition) is 1. The van der Waals surface area contributed by atoms with Crippen molar-refractivity contribution in [2.45, 2.75) is 38.1 Å². The highest BCUT2D eigenvalue weighted by atomic mass is 16.5. The van der Waals surface area contributed by atoms with E-state index < -0.39 is 0 Å². The minimum atomic E-state index is 0.459. The average molecular weight is 232 g/mol. The van der Waals surface area contributed by atoms with Gasteiger partial charge in [0.05, 0.1) is 7.11 Å². The zero-order valence-electron chi connectivity index (χ0n) is 10.1. The molecule has 1 aliphatic rings. The van der Waals surface area contributed by atoms with Crippen LogP contribution in [0.5, 0.6) is 5.75 Å². The van der Waals surface area contributed by atoms with E-state index >= 15 is 0 Å². The summed E-state index contributed by atoms with van der Waals surface area (Å²) in [6.45, 7) is 0. The van der Waals surface area contributed by atoms with Gasteiger partial charge >= 0.3 is 5.69 Å². The Kier molecular flexibility index (Phi) is 3.81. The third-order valence-corrected chi connectivity index (χ3v) is 3.29. The van der Waals surface area contributed by atoms with E-state index in [1.165, 1.54) is 32.1 Å². The number of para-hydroxylation sites is 1. The number of nitrogens with one attached hydrogen (secondary N) is 1. The number of ether oxygens (including phenoxy) is 1. The number of rotatable bonds is 3. The molecule has 0 radical (unpaired) electrons. The predicted molar refractivity (Wildman–Crippen MR) is 68.2 cm³/mol. The first-order chi connectivity index (χ1) is 8.35. The van der Waals surface area contributed by atoms with Crippen molar-refractivity contribution in [3.05, 3.63) is 23.2 Å². The molecule has 0 aliphatic heterocycles. The summed E-state index contributed by atoms with van der Waals surface area (Å²) in [5, 5.41) is 12.4. The van der Waals surface area contributed by atoms with Crippen molar-refractivity contribution >= 4 is 11.4 Å². The van der Waals surface area contributed by atoms with E-state index in [-0.39, 0.29) is 0 Å². The summed E-state index contributed by atoms with van der Waals surface area (Å²) in [5.41, 5.74) is 1.33. The molecule has 0 saturated heterocycles. The van der Waals surface area contributed by atoms with E-state index in [1.54, 1.807) is 13.2 Å². The lowest BCUT2D eigenvalue weighted by molar-refractivity contribution is 0.413. The lowest BCUT2D eigenvalue weighted by atomic mass is 9.95. The van der Waals surface area contributed by atoms with Gasteiger partial charge in [-0.1, -0.05) is 25.3 Å². The SMILES string of the molecule is COc1cccc([N+]#N)c1NC1CCCCC1. The van der Waals surface area contributed by atoms with Gasteiger partial charge in [0.1, 0.15) is 5.75 Å². The van der Waals surface area contributed by atoms with Gasteiger partial charge in [0.2, 0.25) is 5.39 Å². The zero-order chi connectivity index (χ0) is 12.1. The van der Waals surface area contributed by atoms with Crippen LogP contribution in [-0.2, 0) is 0 Å². The number of nitrogens with zero attached hydrogens (tertiary/aromatic N) is 2. The van der Waals surface area contributed by atoms with E-state index in [1.807, 2.05) is 12.1 Å². The van der Waals surface area contributed by atoms with Crippen molar-refractivity contribution in [3.8, 4) is 5.75 Å². The Balaban J connectivity index is 2.20. The van der Waals surface area contributed by atoms with Gasteiger partial charge in [-0.15, -0.1) is 0 Å². The number of hydrogen-bond acceptors (Lipinski definition) is 3. The molecule has 0 bridgehead atoms. The maximum absolute atomic E-state index is 9.00. The van der Waals surface area contributed by atoms with E-state index in [4.69, 9.17) is 10.1 Å². The molecule has 1 aliphatic carbocycles. The Morgan fingerprint density at radius 2 is 2.06 bits per heavy atom. The molecule has 0 heterocycles. The van der Waals surface area contributed by atoms with Crippen molar-refractivity contribution in [2.75, 3.05) is 12.4 Å².